The normalized spacial score (nSPS) is 18.7. The van der Waals surface area contributed by atoms with Crippen LogP contribution in [0.5, 0.6) is 5.75 Å². The summed E-state index contributed by atoms with van der Waals surface area (Å²) in [4.78, 5) is 13.1. The lowest BCUT2D eigenvalue weighted by Crippen LogP contribution is -2.49. The first kappa shape index (κ1) is 16.0. The Morgan fingerprint density at radius 3 is 2.41 bits per heavy atom. The molecule has 4 nitrogen and oxygen atoms in total. The fraction of sp³-hybridized carbons (Fsp3) is 0.500. The van der Waals surface area contributed by atoms with Gasteiger partial charge in [-0.25, -0.2) is 0 Å². The van der Waals surface area contributed by atoms with Crippen LogP contribution in [0.25, 0.3) is 0 Å². The number of carbonyl (C=O) groups is 1. The highest BCUT2D eigenvalue weighted by Gasteiger charge is 2.49. The van der Waals surface area contributed by atoms with Crippen LogP contribution in [0.3, 0.4) is 0 Å². The van der Waals surface area contributed by atoms with Gasteiger partial charge in [-0.3, -0.25) is 4.79 Å². The molecule has 1 atom stereocenters. The molecule has 0 fully saturated rings. The van der Waals surface area contributed by atoms with Gasteiger partial charge in [-0.2, -0.15) is 10.5 Å². The smallest absolute Gasteiger partial charge is 0.176 e. The highest BCUT2D eigenvalue weighted by Crippen LogP contribution is 2.46. The molecule has 0 bridgehead atoms. The molecule has 0 saturated heterocycles. The highest BCUT2D eigenvalue weighted by atomic mass is 16.5. The van der Waals surface area contributed by atoms with E-state index in [9.17, 15) is 4.79 Å². The van der Waals surface area contributed by atoms with Gasteiger partial charge in [-0.05, 0) is 31.4 Å². The van der Waals surface area contributed by atoms with Crippen LogP contribution in [0.2, 0.25) is 0 Å². The van der Waals surface area contributed by atoms with Crippen LogP contribution in [0.4, 0.5) is 0 Å². The molecule has 0 aromatic heterocycles. The summed E-state index contributed by atoms with van der Waals surface area (Å²) in [5.41, 5.74) is -0.179. The average Bonchev–Trinajstić information content (AvgIpc) is 2.54. The van der Waals surface area contributed by atoms with E-state index in [0.717, 1.165) is 12.8 Å². The molecule has 114 valence electrons. The third kappa shape index (κ3) is 2.83. The van der Waals surface area contributed by atoms with Crippen molar-refractivity contribution in [1.82, 2.24) is 0 Å². The van der Waals surface area contributed by atoms with Gasteiger partial charge >= 0.3 is 0 Å². The van der Waals surface area contributed by atoms with Gasteiger partial charge in [0.25, 0.3) is 0 Å². The molecular weight excluding hydrogens is 276 g/mol. The summed E-state index contributed by atoms with van der Waals surface area (Å²) in [6.07, 6.45) is 2.86. The minimum absolute atomic E-state index is 0.0262. The van der Waals surface area contributed by atoms with E-state index in [2.05, 4.69) is 12.1 Å². The fourth-order valence-corrected chi connectivity index (χ4v) is 3.27. The predicted molar refractivity (Wildman–Crippen MR) is 82.2 cm³/mol. The van der Waals surface area contributed by atoms with Gasteiger partial charge in [0.15, 0.2) is 5.78 Å². The van der Waals surface area contributed by atoms with Crippen molar-refractivity contribution < 1.29 is 9.53 Å². The number of fused-ring (bicyclic) bond motifs is 1. The first-order valence-electron chi connectivity index (χ1n) is 7.74. The van der Waals surface area contributed by atoms with Crippen molar-refractivity contribution in [2.45, 2.75) is 51.6 Å². The van der Waals surface area contributed by atoms with E-state index in [4.69, 9.17) is 15.3 Å². The molecule has 0 radical (unpaired) electrons. The summed E-state index contributed by atoms with van der Waals surface area (Å²) in [7, 11) is 0. The molecule has 22 heavy (non-hydrogen) atoms. The molecule has 0 N–H and O–H groups in total. The number of hydrogen-bond acceptors (Lipinski definition) is 4. The Bertz CT molecular complexity index is 607. The van der Waals surface area contributed by atoms with Crippen LogP contribution in [-0.4, -0.2) is 11.9 Å². The van der Waals surface area contributed by atoms with Crippen molar-refractivity contribution in [1.29, 1.82) is 10.5 Å². The Morgan fingerprint density at radius 2 is 1.82 bits per heavy atom. The quantitative estimate of drug-likeness (QED) is 0.794. The SMILES string of the molecule is CCCC1Oc2ccccc2C(=O)C1(CCC#N)CCC#N. The average molecular weight is 296 g/mol. The Hall–Kier alpha value is -2.33. The molecule has 1 heterocycles. The van der Waals surface area contributed by atoms with Crippen LogP contribution >= 0.6 is 0 Å². The second-order valence-corrected chi connectivity index (χ2v) is 5.69. The lowest BCUT2D eigenvalue weighted by molar-refractivity contribution is 0.0142. The zero-order chi connectivity index (χ0) is 16.0. The number of ether oxygens (including phenoxy) is 1. The molecule has 1 aromatic carbocycles. The van der Waals surface area contributed by atoms with Crippen molar-refractivity contribution in [2.75, 3.05) is 0 Å². The van der Waals surface area contributed by atoms with Crippen molar-refractivity contribution in [3.8, 4) is 17.9 Å². The van der Waals surface area contributed by atoms with Gasteiger partial charge < -0.3 is 4.74 Å². The molecule has 0 amide bonds. The summed E-state index contributed by atoms with van der Waals surface area (Å²) in [6, 6.07) is 11.5. The van der Waals surface area contributed by atoms with Gasteiger partial charge in [0.1, 0.15) is 11.9 Å². The summed E-state index contributed by atoms with van der Waals surface area (Å²) >= 11 is 0. The van der Waals surface area contributed by atoms with Crippen LogP contribution in [0.15, 0.2) is 24.3 Å². The third-order valence-electron chi connectivity index (χ3n) is 4.39. The largest absolute Gasteiger partial charge is 0.489 e. The van der Waals surface area contributed by atoms with E-state index in [0.29, 0.717) is 37.0 Å². The fourth-order valence-electron chi connectivity index (χ4n) is 3.27. The molecule has 0 aliphatic carbocycles. The number of carbonyl (C=O) groups excluding carboxylic acids is 1. The maximum absolute atomic E-state index is 13.1. The maximum atomic E-state index is 13.1. The van der Waals surface area contributed by atoms with Gasteiger partial charge in [-0.1, -0.05) is 25.5 Å². The predicted octanol–water partition coefficient (Wildman–Crippen LogP) is 4.02. The van der Waals surface area contributed by atoms with E-state index in [1.807, 2.05) is 25.1 Å². The second kappa shape index (κ2) is 7.09. The Balaban J connectivity index is 2.48. The van der Waals surface area contributed by atoms with Crippen molar-refractivity contribution in [2.24, 2.45) is 5.41 Å². The number of benzene rings is 1. The molecule has 0 saturated carbocycles. The molecule has 0 spiro atoms. The number of hydrogen-bond donors (Lipinski definition) is 0. The summed E-state index contributed by atoms with van der Waals surface area (Å²) < 4.78 is 6.11. The molecule has 1 aliphatic heterocycles. The van der Waals surface area contributed by atoms with Crippen molar-refractivity contribution in [3.05, 3.63) is 29.8 Å². The second-order valence-electron chi connectivity index (χ2n) is 5.69. The Labute approximate surface area is 131 Å². The van der Waals surface area contributed by atoms with Crippen LogP contribution in [0, 0.1) is 28.1 Å². The van der Waals surface area contributed by atoms with E-state index >= 15 is 0 Å². The molecule has 1 aliphatic rings. The minimum atomic E-state index is -0.754. The van der Waals surface area contributed by atoms with Crippen LogP contribution in [-0.2, 0) is 0 Å². The zero-order valence-electron chi connectivity index (χ0n) is 12.8. The number of ketones is 1. The molecule has 2 rings (SSSR count). The van der Waals surface area contributed by atoms with Gasteiger partial charge in [0.05, 0.1) is 23.1 Å². The van der Waals surface area contributed by atoms with Crippen molar-refractivity contribution in [3.63, 3.8) is 0 Å². The van der Waals surface area contributed by atoms with Gasteiger partial charge in [0, 0.05) is 12.8 Å². The minimum Gasteiger partial charge on any atom is -0.489 e. The third-order valence-corrected chi connectivity index (χ3v) is 4.39. The lowest BCUT2D eigenvalue weighted by Gasteiger charge is -2.43. The molecular formula is C18H20N2O2. The number of nitrogens with zero attached hydrogens (tertiary/aromatic N) is 2. The maximum Gasteiger partial charge on any atom is 0.176 e. The number of rotatable bonds is 6. The topological polar surface area (TPSA) is 73.9 Å². The van der Waals surface area contributed by atoms with Crippen molar-refractivity contribution >= 4 is 5.78 Å². The zero-order valence-corrected chi connectivity index (χ0v) is 12.8. The van der Waals surface area contributed by atoms with E-state index in [1.54, 1.807) is 6.07 Å². The lowest BCUT2D eigenvalue weighted by atomic mass is 9.66. The van der Waals surface area contributed by atoms with E-state index < -0.39 is 5.41 Å². The molecule has 1 unspecified atom stereocenters. The Morgan fingerprint density at radius 1 is 1.18 bits per heavy atom. The summed E-state index contributed by atoms with van der Waals surface area (Å²) in [6.45, 7) is 2.05. The van der Waals surface area contributed by atoms with E-state index in [1.165, 1.54) is 0 Å². The number of para-hydroxylation sites is 1. The molecule has 4 heteroatoms. The summed E-state index contributed by atoms with van der Waals surface area (Å²) in [5, 5.41) is 17.9. The first-order chi connectivity index (χ1) is 10.7. The van der Waals surface area contributed by atoms with Gasteiger partial charge in [-0.15, -0.1) is 0 Å². The van der Waals surface area contributed by atoms with Gasteiger partial charge in [0.2, 0.25) is 0 Å². The summed E-state index contributed by atoms with van der Waals surface area (Å²) in [5.74, 6) is 0.647. The standard InChI is InChI=1S/C18H20N2O2/c1-2-7-16-18(10-5-12-19,11-6-13-20)17(21)14-8-3-4-9-15(14)22-16/h3-4,8-9,16H,2,5-7,10-11H2,1H3. The van der Waals surface area contributed by atoms with Crippen LogP contribution in [0.1, 0.15) is 55.8 Å². The molecule has 1 aromatic rings. The highest BCUT2D eigenvalue weighted by molar-refractivity contribution is 6.04. The monoisotopic (exact) mass is 296 g/mol. The Kier molecular flexibility index (Phi) is 5.17. The first-order valence-corrected chi connectivity index (χ1v) is 7.74. The number of Topliss-reactive ketones (excluding diaryl/α,β-unsaturated/α-hetero) is 1. The van der Waals surface area contributed by atoms with Crippen LogP contribution < -0.4 is 4.74 Å². The van der Waals surface area contributed by atoms with E-state index in [-0.39, 0.29) is 11.9 Å². The number of nitriles is 2.